The molecule has 5 heteroatoms. The first-order valence-electron chi connectivity index (χ1n) is 7.74. The van der Waals surface area contributed by atoms with Crippen molar-refractivity contribution in [3.8, 4) is 5.75 Å². The van der Waals surface area contributed by atoms with E-state index >= 15 is 0 Å². The summed E-state index contributed by atoms with van der Waals surface area (Å²) in [6, 6.07) is 16.3. The summed E-state index contributed by atoms with van der Waals surface area (Å²) >= 11 is 0. The molecular weight excluding hydrogens is 304 g/mol. The first kappa shape index (κ1) is 17.5. The summed E-state index contributed by atoms with van der Waals surface area (Å²) in [5.41, 5.74) is 6.96. The largest absolute Gasteiger partial charge is 0.497 e. The molecule has 1 atom stereocenters. The molecule has 0 aliphatic rings. The molecule has 5 nitrogen and oxygen atoms in total. The SMILES string of the molecule is COc1ccc(C(=O)N(C)C(CC(N)=O)Cc2ccccc2)cc1. The molecule has 1 unspecified atom stereocenters. The maximum absolute atomic E-state index is 12.7. The normalized spacial score (nSPS) is 11.6. The summed E-state index contributed by atoms with van der Waals surface area (Å²) in [5, 5.41) is 0. The number of carbonyl (C=O) groups excluding carboxylic acids is 2. The lowest BCUT2D eigenvalue weighted by Gasteiger charge is -2.28. The van der Waals surface area contributed by atoms with Crippen LogP contribution in [0.15, 0.2) is 54.6 Å². The number of rotatable bonds is 7. The number of hydrogen-bond donors (Lipinski definition) is 1. The smallest absolute Gasteiger partial charge is 0.253 e. The Morgan fingerprint density at radius 1 is 1.08 bits per heavy atom. The van der Waals surface area contributed by atoms with Crippen LogP contribution in [0, 0.1) is 0 Å². The van der Waals surface area contributed by atoms with Gasteiger partial charge in [0.05, 0.1) is 7.11 Å². The first-order chi connectivity index (χ1) is 11.5. The highest BCUT2D eigenvalue weighted by molar-refractivity contribution is 5.94. The molecule has 0 aliphatic carbocycles. The van der Waals surface area contributed by atoms with Gasteiger partial charge in [-0.1, -0.05) is 30.3 Å². The van der Waals surface area contributed by atoms with E-state index in [-0.39, 0.29) is 18.4 Å². The van der Waals surface area contributed by atoms with Crippen LogP contribution >= 0.6 is 0 Å². The molecule has 0 radical (unpaired) electrons. The number of hydrogen-bond acceptors (Lipinski definition) is 3. The second-order valence-corrected chi connectivity index (χ2v) is 5.66. The number of methoxy groups -OCH3 is 1. The summed E-state index contributed by atoms with van der Waals surface area (Å²) < 4.78 is 5.10. The standard InChI is InChI=1S/C19H22N2O3/c1-21(19(23)15-8-10-17(24-2)11-9-15)16(13-18(20)22)12-14-6-4-3-5-7-14/h3-11,16H,12-13H2,1-2H3,(H2,20,22). The Hall–Kier alpha value is -2.82. The van der Waals surface area contributed by atoms with Gasteiger partial charge in [0.1, 0.15) is 5.75 Å². The van der Waals surface area contributed by atoms with Gasteiger partial charge in [0.15, 0.2) is 0 Å². The van der Waals surface area contributed by atoms with Crippen molar-refractivity contribution in [2.75, 3.05) is 14.2 Å². The fourth-order valence-electron chi connectivity index (χ4n) is 2.57. The number of likely N-dealkylation sites (N-methyl/N-ethyl adjacent to an activating group) is 1. The highest BCUT2D eigenvalue weighted by Gasteiger charge is 2.23. The lowest BCUT2D eigenvalue weighted by Crippen LogP contribution is -2.41. The van der Waals surface area contributed by atoms with E-state index in [2.05, 4.69) is 0 Å². The molecule has 0 spiro atoms. The average Bonchev–Trinajstić information content (AvgIpc) is 2.60. The zero-order valence-electron chi connectivity index (χ0n) is 13.9. The number of benzene rings is 2. The van der Waals surface area contributed by atoms with Crippen LogP contribution in [0.1, 0.15) is 22.3 Å². The fraction of sp³-hybridized carbons (Fsp3) is 0.263. The van der Waals surface area contributed by atoms with Gasteiger partial charge in [-0.25, -0.2) is 0 Å². The second-order valence-electron chi connectivity index (χ2n) is 5.66. The quantitative estimate of drug-likeness (QED) is 0.848. The molecule has 126 valence electrons. The minimum atomic E-state index is -0.426. The Morgan fingerprint density at radius 3 is 2.25 bits per heavy atom. The van der Waals surface area contributed by atoms with Crippen LogP contribution in [0.4, 0.5) is 0 Å². The van der Waals surface area contributed by atoms with Gasteiger partial charge in [-0.2, -0.15) is 0 Å². The number of carbonyl (C=O) groups is 2. The predicted octanol–water partition coefficient (Wildman–Crippen LogP) is 2.25. The molecular formula is C19H22N2O3. The van der Waals surface area contributed by atoms with E-state index < -0.39 is 5.91 Å². The van der Waals surface area contributed by atoms with Crippen molar-refractivity contribution in [3.63, 3.8) is 0 Å². The average molecular weight is 326 g/mol. The molecule has 0 aromatic heterocycles. The van der Waals surface area contributed by atoms with E-state index in [1.165, 1.54) is 0 Å². The third kappa shape index (κ3) is 4.59. The molecule has 2 N–H and O–H groups in total. The molecule has 0 bridgehead atoms. The Kier molecular flexibility index (Phi) is 5.95. The van der Waals surface area contributed by atoms with Gasteiger partial charge in [0, 0.05) is 25.1 Å². The molecule has 2 aromatic rings. The minimum Gasteiger partial charge on any atom is -0.497 e. The number of nitrogens with two attached hydrogens (primary N) is 1. The van der Waals surface area contributed by atoms with Crippen molar-refractivity contribution in [1.82, 2.24) is 4.90 Å². The Balaban J connectivity index is 2.17. The molecule has 0 heterocycles. The predicted molar refractivity (Wildman–Crippen MR) is 92.8 cm³/mol. The van der Waals surface area contributed by atoms with Crippen molar-refractivity contribution < 1.29 is 14.3 Å². The number of primary amides is 1. The van der Waals surface area contributed by atoms with Crippen molar-refractivity contribution >= 4 is 11.8 Å². The van der Waals surface area contributed by atoms with Gasteiger partial charge in [-0.15, -0.1) is 0 Å². The maximum Gasteiger partial charge on any atom is 0.253 e. The highest BCUT2D eigenvalue weighted by atomic mass is 16.5. The molecule has 0 saturated heterocycles. The van der Waals surface area contributed by atoms with Crippen LogP contribution < -0.4 is 10.5 Å². The molecule has 24 heavy (non-hydrogen) atoms. The summed E-state index contributed by atoms with van der Waals surface area (Å²) in [4.78, 5) is 25.7. The van der Waals surface area contributed by atoms with E-state index in [9.17, 15) is 9.59 Å². The zero-order valence-corrected chi connectivity index (χ0v) is 13.9. The van der Waals surface area contributed by atoms with E-state index in [1.807, 2.05) is 30.3 Å². The van der Waals surface area contributed by atoms with E-state index in [0.717, 1.165) is 5.56 Å². The molecule has 2 rings (SSSR count). The Morgan fingerprint density at radius 2 is 1.71 bits per heavy atom. The van der Waals surface area contributed by atoms with Crippen LogP contribution in [0.2, 0.25) is 0 Å². The van der Waals surface area contributed by atoms with Crippen LogP contribution in [-0.2, 0) is 11.2 Å². The lowest BCUT2D eigenvalue weighted by molar-refractivity contribution is -0.118. The zero-order chi connectivity index (χ0) is 17.5. The molecule has 0 fully saturated rings. The summed E-state index contributed by atoms with van der Waals surface area (Å²) in [6.07, 6.45) is 0.690. The van der Waals surface area contributed by atoms with Crippen LogP contribution in [0.5, 0.6) is 5.75 Å². The monoisotopic (exact) mass is 326 g/mol. The fourth-order valence-corrected chi connectivity index (χ4v) is 2.57. The van der Waals surface area contributed by atoms with Gasteiger partial charge in [-0.05, 0) is 36.2 Å². The number of ether oxygens (including phenoxy) is 1. The van der Waals surface area contributed by atoms with Crippen LogP contribution in [0.25, 0.3) is 0 Å². The third-order valence-corrected chi connectivity index (χ3v) is 3.96. The lowest BCUT2D eigenvalue weighted by atomic mass is 10.0. The van der Waals surface area contributed by atoms with Gasteiger partial charge < -0.3 is 15.4 Å². The minimum absolute atomic E-state index is 0.118. The molecule has 0 saturated carbocycles. The summed E-state index contributed by atoms with van der Waals surface area (Å²) in [6.45, 7) is 0. The van der Waals surface area contributed by atoms with E-state index in [1.54, 1.807) is 43.3 Å². The second kappa shape index (κ2) is 8.15. The highest BCUT2D eigenvalue weighted by Crippen LogP contribution is 2.17. The Labute approximate surface area is 142 Å². The van der Waals surface area contributed by atoms with Crippen molar-refractivity contribution in [2.24, 2.45) is 5.73 Å². The van der Waals surface area contributed by atoms with Crippen molar-refractivity contribution in [1.29, 1.82) is 0 Å². The van der Waals surface area contributed by atoms with Gasteiger partial charge >= 0.3 is 0 Å². The van der Waals surface area contributed by atoms with Gasteiger partial charge in [-0.3, -0.25) is 9.59 Å². The summed E-state index contributed by atoms with van der Waals surface area (Å²) in [5.74, 6) is 0.109. The molecule has 0 aliphatic heterocycles. The van der Waals surface area contributed by atoms with Gasteiger partial charge in [0.2, 0.25) is 5.91 Å². The number of amides is 2. The number of nitrogens with zero attached hydrogens (tertiary/aromatic N) is 1. The van der Waals surface area contributed by atoms with E-state index in [4.69, 9.17) is 10.5 Å². The van der Waals surface area contributed by atoms with Crippen LogP contribution in [0.3, 0.4) is 0 Å². The van der Waals surface area contributed by atoms with Gasteiger partial charge in [0.25, 0.3) is 5.91 Å². The van der Waals surface area contributed by atoms with Crippen LogP contribution in [-0.4, -0.2) is 36.9 Å². The first-order valence-corrected chi connectivity index (χ1v) is 7.74. The van der Waals surface area contributed by atoms with Crippen molar-refractivity contribution in [2.45, 2.75) is 18.9 Å². The Bertz CT molecular complexity index is 684. The topological polar surface area (TPSA) is 72.6 Å². The maximum atomic E-state index is 12.7. The summed E-state index contributed by atoms with van der Waals surface area (Å²) in [7, 11) is 3.27. The van der Waals surface area contributed by atoms with Crippen molar-refractivity contribution in [3.05, 3.63) is 65.7 Å². The third-order valence-electron chi connectivity index (χ3n) is 3.96. The van der Waals surface area contributed by atoms with E-state index in [0.29, 0.717) is 17.7 Å². The molecule has 2 amide bonds. The molecule has 2 aromatic carbocycles.